The number of hydrogen-bond donors (Lipinski definition) is 0. The maximum Gasteiger partial charge on any atom is 0.260 e. The summed E-state index contributed by atoms with van der Waals surface area (Å²) in [5.41, 5.74) is 3.69. The van der Waals surface area contributed by atoms with Gasteiger partial charge in [0.25, 0.3) is 5.91 Å². The van der Waals surface area contributed by atoms with Gasteiger partial charge in [0.1, 0.15) is 0 Å². The van der Waals surface area contributed by atoms with Crippen molar-refractivity contribution in [1.82, 2.24) is 14.8 Å². The Hall–Kier alpha value is -2.91. The second-order valence-corrected chi connectivity index (χ2v) is 7.98. The molecule has 0 atom stereocenters. The summed E-state index contributed by atoms with van der Waals surface area (Å²) < 4.78 is 17.9. The standard InChI is InChI=1S/C20H20N4O4S/c1-23-14-4-6-17-18(13(14)10-21-23)22-20(29-17)24(7-8-26-2)19(25)12-3-5-15-16(9-12)28-11-27-15/h3,5,9-10H,4,6-8,11H2,1-2H3. The zero-order valence-electron chi connectivity index (χ0n) is 16.2. The molecule has 2 aliphatic rings. The molecule has 0 N–H and O–H groups in total. The first kappa shape index (κ1) is 18.1. The molecule has 29 heavy (non-hydrogen) atoms. The van der Waals surface area contributed by atoms with Gasteiger partial charge in [-0.25, -0.2) is 4.98 Å². The molecule has 1 aliphatic heterocycles. The third-order valence-corrected chi connectivity index (χ3v) is 6.34. The van der Waals surface area contributed by atoms with Crippen LogP contribution in [0.3, 0.4) is 0 Å². The first-order valence-corrected chi connectivity index (χ1v) is 10.2. The SMILES string of the molecule is COCCN(C(=O)c1ccc2c(c1)OCO2)c1nc2c(s1)CCc1c-2cnn1C. The molecule has 0 fully saturated rings. The molecule has 3 heterocycles. The number of hydrogen-bond acceptors (Lipinski definition) is 7. The van der Waals surface area contributed by atoms with Gasteiger partial charge in [-0.3, -0.25) is 14.4 Å². The summed E-state index contributed by atoms with van der Waals surface area (Å²) in [5, 5.41) is 5.04. The van der Waals surface area contributed by atoms with E-state index in [-0.39, 0.29) is 12.7 Å². The van der Waals surface area contributed by atoms with Gasteiger partial charge < -0.3 is 14.2 Å². The van der Waals surface area contributed by atoms with Gasteiger partial charge in [-0.2, -0.15) is 5.10 Å². The number of carbonyl (C=O) groups is 1. The van der Waals surface area contributed by atoms with Crippen LogP contribution in [0.4, 0.5) is 5.13 Å². The highest BCUT2D eigenvalue weighted by Crippen LogP contribution is 2.40. The Labute approximate surface area is 171 Å². The molecule has 5 rings (SSSR count). The quantitative estimate of drug-likeness (QED) is 0.641. The zero-order chi connectivity index (χ0) is 20.0. The molecule has 150 valence electrons. The van der Waals surface area contributed by atoms with E-state index in [1.807, 2.05) is 17.9 Å². The van der Waals surface area contributed by atoms with E-state index in [1.165, 1.54) is 10.6 Å². The molecule has 2 aromatic heterocycles. The second kappa shape index (κ2) is 7.16. The lowest BCUT2D eigenvalue weighted by atomic mass is 10.0. The zero-order valence-corrected chi connectivity index (χ0v) is 17.0. The van der Waals surface area contributed by atoms with E-state index < -0.39 is 0 Å². The van der Waals surface area contributed by atoms with Crippen LogP contribution >= 0.6 is 11.3 Å². The first-order valence-electron chi connectivity index (χ1n) is 9.37. The average molecular weight is 412 g/mol. The Bertz CT molecular complexity index is 1090. The number of fused-ring (bicyclic) bond motifs is 4. The Balaban J connectivity index is 1.51. The van der Waals surface area contributed by atoms with Crippen LogP contribution in [0.1, 0.15) is 20.9 Å². The van der Waals surface area contributed by atoms with Crippen LogP contribution in [-0.4, -0.2) is 47.7 Å². The van der Waals surface area contributed by atoms with Crippen LogP contribution in [0.5, 0.6) is 11.5 Å². The summed E-state index contributed by atoms with van der Waals surface area (Å²) >= 11 is 1.56. The number of aromatic nitrogens is 3. The highest BCUT2D eigenvalue weighted by Gasteiger charge is 2.28. The van der Waals surface area contributed by atoms with Crippen LogP contribution in [0.25, 0.3) is 11.3 Å². The number of ether oxygens (including phenoxy) is 3. The number of methoxy groups -OCH3 is 1. The highest BCUT2D eigenvalue weighted by atomic mass is 32.1. The Morgan fingerprint density at radius 2 is 2.17 bits per heavy atom. The number of nitrogens with zero attached hydrogens (tertiary/aromatic N) is 4. The van der Waals surface area contributed by atoms with Crippen LogP contribution in [0, 0.1) is 0 Å². The molecule has 1 amide bonds. The molecule has 0 unspecified atom stereocenters. The van der Waals surface area contributed by atoms with Crippen LogP contribution in [-0.2, 0) is 24.6 Å². The number of thiazole rings is 1. The number of carbonyl (C=O) groups excluding carboxylic acids is 1. The largest absolute Gasteiger partial charge is 0.454 e. The predicted octanol–water partition coefficient (Wildman–Crippen LogP) is 2.66. The third kappa shape index (κ3) is 3.06. The van der Waals surface area contributed by atoms with E-state index in [9.17, 15) is 4.79 Å². The maximum atomic E-state index is 13.3. The number of anilines is 1. The van der Waals surface area contributed by atoms with Crippen LogP contribution in [0.15, 0.2) is 24.4 Å². The van der Waals surface area contributed by atoms with Gasteiger partial charge in [0.05, 0.1) is 25.0 Å². The minimum absolute atomic E-state index is 0.141. The highest BCUT2D eigenvalue weighted by molar-refractivity contribution is 7.16. The Morgan fingerprint density at radius 1 is 1.31 bits per heavy atom. The van der Waals surface area contributed by atoms with E-state index in [2.05, 4.69) is 5.10 Å². The van der Waals surface area contributed by atoms with Crippen LogP contribution in [0.2, 0.25) is 0 Å². The van der Waals surface area contributed by atoms with Gasteiger partial charge in [-0.1, -0.05) is 0 Å². The van der Waals surface area contributed by atoms with Crippen molar-refractivity contribution in [2.45, 2.75) is 12.8 Å². The lowest BCUT2D eigenvalue weighted by Gasteiger charge is -2.19. The van der Waals surface area contributed by atoms with E-state index in [1.54, 1.807) is 41.5 Å². The van der Waals surface area contributed by atoms with E-state index >= 15 is 0 Å². The van der Waals surface area contributed by atoms with E-state index in [0.29, 0.717) is 35.3 Å². The molecule has 8 nitrogen and oxygen atoms in total. The predicted molar refractivity (Wildman–Crippen MR) is 108 cm³/mol. The Morgan fingerprint density at radius 3 is 3.03 bits per heavy atom. The molecule has 1 aliphatic carbocycles. The van der Waals surface area contributed by atoms with Crippen molar-refractivity contribution in [1.29, 1.82) is 0 Å². The van der Waals surface area contributed by atoms with Crippen molar-refractivity contribution in [3.05, 3.63) is 40.5 Å². The number of aryl methyl sites for hydroxylation is 2. The van der Waals surface area contributed by atoms with Crippen molar-refractivity contribution >= 4 is 22.4 Å². The van der Waals surface area contributed by atoms with E-state index in [4.69, 9.17) is 19.2 Å². The monoisotopic (exact) mass is 412 g/mol. The molecule has 3 aromatic rings. The number of benzene rings is 1. The summed E-state index contributed by atoms with van der Waals surface area (Å²) in [6.45, 7) is 1.00. The molecule has 0 radical (unpaired) electrons. The molecule has 0 spiro atoms. The van der Waals surface area contributed by atoms with Gasteiger partial charge in [-0.05, 0) is 31.0 Å². The summed E-state index contributed by atoms with van der Waals surface area (Å²) in [4.78, 5) is 21.0. The Kier molecular flexibility index (Phi) is 4.48. The summed E-state index contributed by atoms with van der Waals surface area (Å²) in [6, 6.07) is 5.23. The van der Waals surface area contributed by atoms with Crippen LogP contribution < -0.4 is 14.4 Å². The summed E-state index contributed by atoms with van der Waals surface area (Å²) in [6.07, 6.45) is 3.68. The van der Waals surface area contributed by atoms with Crippen molar-refractivity contribution in [3.8, 4) is 22.8 Å². The molecule has 0 saturated carbocycles. The lowest BCUT2D eigenvalue weighted by molar-refractivity contribution is 0.0975. The van der Waals surface area contributed by atoms with Crippen molar-refractivity contribution < 1.29 is 19.0 Å². The molecule has 9 heteroatoms. The second-order valence-electron chi connectivity index (χ2n) is 6.91. The molecular formula is C20H20N4O4S. The van der Waals surface area contributed by atoms with Gasteiger partial charge in [-0.15, -0.1) is 11.3 Å². The van der Waals surface area contributed by atoms with Gasteiger partial charge in [0.2, 0.25) is 6.79 Å². The van der Waals surface area contributed by atoms with Gasteiger partial charge >= 0.3 is 0 Å². The molecule has 0 saturated heterocycles. The van der Waals surface area contributed by atoms with Crippen molar-refractivity contribution in [3.63, 3.8) is 0 Å². The summed E-state index contributed by atoms with van der Waals surface area (Å²) in [5.74, 6) is 1.10. The molecule has 1 aromatic carbocycles. The van der Waals surface area contributed by atoms with E-state index in [0.717, 1.165) is 24.1 Å². The smallest absolute Gasteiger partial charge is 0.260 e. The minimum atomic E-state index is -0.141. The first-order chi connectivity index (χ1) is 14.2. The number of amides is 1. The van der Waals surface area contributed by atoms with Crippen molar-refractivity contribution in [2.24, 2.45) is 7.05 Å². The molecular weight excluding hydrogens is 392 g/mol. The van der Waals surface area contributed by atoms with Crippen molar-refractivity contribution in [2.75, 3.05) is 32.0 Å². The average Bonchev–Trinajstić information content (AvgIpc) is 3.45. The molecule has 0 bridgehead atoms. The fraction of sp³-hybridized carbons (Fsp3) is 0.350. The topological polar surface area (TPSA) is 78.7 Å². The fourth-order valence-electron chi connectivity index (χ4n) is 3.68. The lowest BCUT2D eigenvalue weighted by Crippen LogP contribution is -2.33. The maximum absolute atomic E-state index is 13.3. The van der Waals surface area contributed by atoms with Gasteiger partial charge in [0.15, 0.2) is 16.6 Å². The third-order valence-electron chi connectivity index (χ3n) is 5.21. The van der Waals surface area contributed by atoms with Gasteiger partial charge in [0, 0.05) is 35.9 Å². The fourth-order valence-corrected chi connectivity index (χ4v) is 4.77. The summed E-state index contributed by atoms with van der Waals surface area (Å²) in [7, 11) is 3.57. The minimum Gasteiger partial charge on any atom is -0.454 e. The normalized spacial score (nSPS) is 13.9. The number of rotatable bonds is 5.